The van der Waals surface area contributed by atoms with Gasteiger partial charge in [-0.3, -0.25) is 14.3 Å². The smallest absolute Gasteiger partial charge is 0.388 e. The van der Waals surface area contributed by atoms with E-state index in [1.165, 1.54) is 16.8 Å². The summed E-state index contributed by atoms with van der Waals surface area (Å²) in [6, 6.07) is 1.22. The molecule has 13 nitrogen and oxygen atoms in total. The van der Waals surface area contributed by atoms with E-state index in [4.69, 9.17) is 35.4 Å². The summed E-state index contributed by atoms with van der Waals surface area (Å²) in [5, 5.41) is 11.5. The lowest BCUT2D eigenvalue weighted by Crippen LogP contribution is -2.70. The molecule has 0 aliphatic carbocycles. The van der Waals surface area contributed by atoms with Gasteiger partial charge in [0.2, 0.25) is 0 Å². The van der Waals surface area contributed by atoms with E-state index < -0.39 is 76.2 Å². The number of H-pyrrole nitrogens is 1. The van der Waals surface area contributed by atoms with Gasteiger partial charge in [0.05, 0.1) is 35.6 Å². The Morgan fingerprint density at radius 1 is 0.878 bits per heavy atom. The number of aromatic amines is 1. The maximum absolute atomic E-state index is 12.4. The fraction of sp³-hybridized carbons (Fsp3) is 0.846. The van der Waals surface area contributed by atoms with Gasteiger partial charge in [-0.05, 0) is 83.1 Å². The molecule has 3 heterocycles. The van der Waals surface area contributed by atoms with E-state index in [0.717, 1.165) is 0 Å². The summed E-state index contributed by atoms with van der Waals surface area (Å²) < 4.78 is 53.1. The number of aliphatic hydroxyl groups excluding tert-OH is 1. The van der Waals surface area contributed by atoms with Gasteiger partial charge >= 0.3 is 23.8 Å². The number of aliphatic hydroxyl groups is 1. The van der Waals surface area contributed by atoms with Crippen LogP contribution in [0.2, 0.25) is 0 Å². The highest BCUT2D eigenvalue weighted by Gasteiger charge is 2.68. The molecular formula is C26H48N2O11Si2. The highest BCUT2D eigenvalue weighted by Crippen LogP contribution is 2.39. The summed E-state index contributed by atoms with van der Waals surface area (Å²) in [6.45, 7) is 22.0. The molecule has 2 fully saturated rings. The number of rotatable bonds is 6. The number of ether oxygens (including phenoxy) is 1. The molecule has 41 heavy (non-hydrogen) atoms. The van der Waals surface area contributed by atoms with E-state index in [9.17, 15) is 14.7 Å². The molecule has 2 aliphatic rings. The summed E-state index contributed by atoms with van der Waals surface area (Å²) in [4.78, 5) is 26.1. The lowest BCUT2D eigenvalue weighted by molar-refractivity contribution is -0.176. The van der Waals surface area contributed by atoms with Crippen LogP contribution in [-0.4, -0.2) is 86.2 Å². The van der Waals surface area contributed by atoms with Crippen LogP contribution in [0.15, 0.2) is 21.9 Å². The van der Waals surface area contributed by atoms with E-state index in [0.29, 0.717) is 0 Å². The number of nitrogens with zero attached hydrogens (tertiary/aromatic N) is 1. The highest BCUT2D eigenvalue weighted by atomic mass is 28.5. The van der Waals surface area contributed by atoms with Crippen LogP contribution in [0.4, 0.5) is 0 Å². The Bertz CT molecular complexity index is 1130. The zero-order chi connectivity index (χ0) is 31.2. The molecule has 236 valence electrons. The van der Waals surface area contributed by atoms with Gasteiger partial charge in [-0.15, -0.1) is 0 Å². The molecule has 2 saturated heterocycles. The van der Waals surface area contributed by atoms with E-state index in [2.05, 4.69) is 4.98 Å². The molecule has 2 N–H and O–H groups in total. The molecule has 3 rings (SSSR count). The van der Waals surface area contributed by atoms with Crippen molar-refractivity contribution in [1.82, 2.24) is 9.55 Å². The molecule has 1 aromatic rings. The van der Waals surface area contributed by atoms with Crippen molar-refractivity contribution >= 4 is 18.1 Å². The van der Waals surface area contributed by atoms with Gasteiger partial charge in [0.15, 0.2) is 0 Å². The number of nitrogens with one attached hydrogen (secondary N) is 1. The van der Waals surface area contributed by atoms with Crippen LogP contribution in [0.5, 0.6) is 0 Å². The molecule has 2 aliphatic heterocycles. The van der Waals surface area contributed by atoms with Crippen molar-refractivity contribution in [3.05, 3.63) is 33.1 Å². The third-order valence-electron chi connectivity index (χ3n) is 5.39. The van der Waals surface area contributed by atoms with Crippen LogP contribution in [-0.2, 0) is 42.0 Å². The molecule has 0 amide bonds. The van der Waals surface area contributed by atoms with Crippen molar-refractivity contribution in [2.75, 3.05) is 6.61 Å². The van der Waals surface area contributed by atoms with Gasteiger partial charge in [0.1, 0.15) is 24.4 Å². The summed E-state index contributed by atoms with van der Waals surface area (Å²) in [5.74, 6) is 0. The van der Waals surface area contributed by atoms with Gasteiger partial charge in [-0.2, -0.15) is 0 Å². The number of hydrogen-bond donors (Lipinski definition) is 2. The molecule has 0 saturated carbocycles. The maximum Gasteiger partial charge on any atom is 0.675 e. The minimum atomic E-state index is -4.31. The average Bonchev–Trinajstić information content (AvgIpc) is 2.96. The topological polar surface area (TPSA) is 149 Å². The minimum absolute atomic E-state index is 0.0532. The Morgan fingerprint density at radius 2 is 1.37 bits per heavy atom. The molecule has 4 atom stereocenters. The molecule has 1 aromatic heterocycles. The van der Waals surface area contributed by atoms with Gasteiger partial charge in [-0.1, -0.05) is 0 Å². The molecule has 0 radical (unpaired) electrons. The highest BCUT2D eigenvalue weighted by molar-refractivity contribution is 6.68. The fourth-order valence-corrected chi connectivity index (χ4v) is 10.9. The summed E-state index contributed by atoms with van der Waals surface area (Å²) in [6.07, 6.45) is -2.61. The second-order valence-corrected chi connectivity index (χ2v) is 18.5. The zero-order valence-corrected chi connectivity index (χ0v) is 28.4. The maximum atomic E-state index is 12.4. The van der Waals surface area contributed by atoms with Crippen molar-refractivity contribution < 1.29 is 40.5 Å². The third kappa shape index (κ3) is 9.89. The first-order valence-corrected chi connectivity index (χ1v) is 17.1. The fourth-order valence-electron chi connectivity index (χ4n) is 4.32. The predicted octanol–water partition coefficient (Wildman–Crippen LogP) is 2.23. The lowest BCUT2D eigenvalue weighted by atomic mass is 10.1. The SMILES string of the molecule is CC(C)(C)O[Si]1(OC(C)(C)C)OC[C@H]2O[C@@H](Cn3ccc(=O)[nH]c3=O)[C@@H](O)C2O[Si](OC(C)(C)C)(OC(C)(C)C)O1. The van der Waals surface area contributed by atoms with Crippen LogP contribution in [0.25, 0.3) is 0 Å². The third-order valence-corrected chi connectivity index (χ3v) is 11.9. The van der Waals surface area contributed by atoms with Crippen molar-refractivity contribution in [1.29, 1.82) is 0 Å². The second-order valence-electron chi connectivity index (χ2n) is 14.3. The van der Waals surface area contributed by atoms with Gasteiger partial charge in [0.25, 0.3) is 5.56 Å². The van der Waals surface area contributed by atoms with Crippen LogP contribution in [0.1, 0.15) is 83.1 Å². The van der Waals surface area contributed by atoms with E-state index in [1.807, 2.05) is 83.1 Å². The average molecular weight is 621 g/mol. The first kappa shape index (κ1) is 34.2. The lowest BCUT2D eigenvalue weighted by Gasteiger charge is -2.47. The number of hydrogen-bond acceptors (Lipinski definition) is 11. The first-order chi connectivity index (χ1) is 18.4. The molecular weight excluding hydrogens is 572 g/mol. The standard InChI is InChI=1S/C26H48N2O11Si2/c1-23(2,3)35-40(36-24(4,5)6)32-16-18-21(34-41(39-40,37-25(7,8)9)38-26(10,11)12)20(30)17(33-18)15-28-14-13-19(29)27-22(28)31/h13-14,17-18,20-21,30H,15-16H2,1-12H3,(H,27,29,31)/t17-,18+,20+,21?/m0/s1. The Labute approximate surface area is 244 Å². The number of aromatic nitrogens is 2. The Hall–Kier alpha value is -1.25. The normalized spacial score (nSPS) is 27.2. The van der Waals surface area contributed by atoms with Crippen LogP contribution in [0.3, 0.4) is 0 Å². The first-order valence-electron chi connectivity index (χ1n) is 13.8. The summed E-state index contributed by atoms with van der Waals surface area (Å²) >= 11 is 0. The molecule has 0 bridgehead atoms. The van der Waals surface area contributed by atoms with Gasteiger partial charge in [-0.25, -0.2) is 4.79 Å². The van der Waals surface area contributed by atoms with Crippen molar-refractivity contribution in [3.63, 3.8) is 0 Å². The molecule has 0 spiro atoms. The zero-order valence-electron chi connectivity index (χ0n) is 26.4. The summed E-state index contributed by atoms with van der Waals surface area (Å²) in [5.41, 5.74) is -4.31. The van der Waals surface area contributed by atoms with Crippen LogP contribution < -0.4 is 11.2 Å². The molecule has 1 unspecified atom stereocenters. The van der Waals surface area contributed by atoms with Gasteiger partial charge < -0.3 is 40.5 Å². The monoisotopic (exact) mass is 620 g/mol. The Morgan fingerprint density at radius 3 is 1.83 bits per heavy atom. The van der Waals surface area contributed by atoms with Crippen molar-refractivity contribution in [2.45, 2.75) is 136 Å². The van der Waals surface area contributed by atoms with Crippen molar-refractivity contribution in [2.24, 2.45) is 0 Å². The Kier molecular flexibility index (Phi) is 9.76. The van der Waals surface area contributed by atoms with E-state index in [1.54, 1.807) is 0 Å². The van der Waals surface area contributed by atoms with Gasteiger partial charge in [0, 0.05) is 12.3 Å². The second kappa shape index (κ2) is 11.7. The molecule has 0 aromatic carbocycles. The Balaban J connectivity index is 2.12. The van der Waals surface area contributed by atoms with Crippen LogP contribution >= 0.6 is 0 Å². The van der Waals surface area contributed by atoms with E-state index >= 15 is 0 Å². The van der Waals surface area contributed by atoms with Crippen LogP contribution in [0, 0.1) is 0 Å². The minimum Gasteiger partial charge on any atom is -0.388 e. The molecule has 15 heteroatoms. The summed E-state index contributed by atoms with van der Waals surface area (Å²) in [7, 11) is -8.44. The van der Waals surface area contributed by atoms with Crippen molar-refractivity contribution in [3.8, 4) is 0 Å². The number of fused-ring (bicyclic) bond motifs is 1. The predicted molar refractivity (Wildman–Crippen MR) is 153 cm³/mol. The largest absolute Gasteiger partial charge is 0.675 e. The quantitative estimate of drug-likeness (QED) is 0.451. The van der Waals surface area contributed by atoms with E-state index in [-0.39, 0.29) is 13.2 Å².